The summed E-state index contributed by atoms with van der Waals surface area (Å²) in [5.74, 6) is 1.01. The van der Waals surface area contributed by atoms with Gasteiger partial charge < -0.3 is 15.5 Å². The van der Waals surface area contributed by atoms with Crippen molar-refractivity contribution >= 4 is 16.7 Å². The van der Waals surface area contributed by atoms with Gasteiger partial charge in [0.25, 0.3) is 0 Å². The smallest absolute Gasteiger partial charge is 0.147 e. The van der Waals surface area contributed by atoms with Crippen LogP contribution in [0.5, 0.6) is 11.5 Å². The molecule has 3 N–H and O–H groups in total. The lowest BCUT2D eigenvalue weighted by Gasteiger charge is -2.22. The first-order valence-corrected chi connectivity index (χ1v) is 8.67. The Kier molecular flexibility index (Phi) is 4.34. The third kappa shape index (κ3) is 3.40. The fraction of sp³-hybridized carbons (Fsp3) is 0.0909. The van der Waals surface area contributed by atoms with Crippen LogP contribution < -0.4 is 5.32 Å². The molecule has 0 unspecified atom stereocenters. The topological polar surface area (TPSA) is 78.3 Å². The van der Waals surface area contributed by atoms with Crippen LogP contribution in [0.1, 0.15) is 22.9 Å². The summed E-state index contributed by atoms with van der Waals surface area (Å²) in [6.45, 7) is 1.90. The summed E-state index contributed by atoms with van der Waals surface area (Å²) in [4.78, 5) is 8.84. The first-order valence-electron chi connectivity index (χ1n) is 8.67. The molecular formula is C22H19N3O2. The van der Waals surface area contributed by atoms with Crippen molar-refractivity contribution in [1.82, 2.24) is 9.97 Å². The second-order valence-corrected chi connectivity index (χ2v) is 6.41. The molecule has 4 rings (SSSR count). The summed E-state index contributed by atoms with van der Waals surface area (Å²) in [5.41, 5.74) is 2.99. The zero-order chi connectivity index (χ0) is 18.8. The minimum Gasteiger partial charge on any atom is -0.508 e. The van der Waals surface area contributed by atoms with Crippen LogP contribution in [0.3, 0.4) is 0 Å². The van der Waals surface area contributed by atoms with Crippen molar-refractivity contribution in [3.63, 3.8) is 0 Å². The van der Waals surface area contributed by atoms with Gasteiger partial charge in [-0.25, -0.2) is 9.97 Å². The predicted molar refractivity (Wildman–Crippen MR) is 106 cm³/mol. The van der Waals surface area contributed by atoms with Crippen molar-refractivity contribution < 1.29 is 10.2 Å². The molecule has 4 aromatic rings. The Hall–Kier alpha value is -3.60. The Balaban J connectivity index is 1.86. The van der Waals surface area contributed by atoms with Gasteiger partial charge in [-0.05, 0) is 42.8 Å². The van der Waals surface area contributed by atoms with Gasteiger partial charge in [-0.1, -0.05) is 36.4 Å². The van der Waals surface area contributed by atoms with E-state index in [1.165, 1.54) is 0 Å². The number of nitrogens with zero attached hydrogens (tertiary/aromatic N) is 2. The number of benzene rings is 2. The Morgan fingerprint density at radius 1 is 0.889 bits per heavy atom. The quantitative estimate of drug-likeness (QED) is 0.499. The number of hydrogen-bond donors (Lipinski definition) is 3. The number of aromatic hydroxyl groups is 2. The lowest BCUT2D eigenvalue weighted by Crippen LogP contribution is -2.13. The van der Waals surface area contributed by atoms with Crippen molar-refractivity contribution in [3.05, 3.63) is 89.7 Å². The zero-order valence-electron chi connectivity index (χ0n) is 14.8. The number of pyridine rings is 2. The van der Waals surface area contributed by atoms with E-state index < -0.39 is 0 Å². The number of phenolic OH excluding ortho intramolecular Hbond substituents is 2. The lowest BCUT2D eigenvalue weighted by atomic mass is 9.96. The van der Waals surface area contributed by atoms with Crippen molar-refractivity contribution in [3.8, 4) is 11.5 Å². The minimum absolute atomic E-state index is 0.137. The van der Waals surface area contributed by atoms with Crippen LogP contribution in [0.2, 0.25) is 0 Å². The molecule has 0 amide bonds. The SMILES string of the molecule is Cc1ccc2ccc([C@H](Nc3ccccn3)c3ccc(O)cc3)c(O)c2n1. The molecule has 2 aromatic heterocycles. The molecule has 0 radical (unpaired) electrons. The monoisotopic (exact) mass is 357 g/mol. The molecule has 0 bridgehead atoms. The molecule has 134 valence electrons. The van der Waals surface area contributed by atoms with Gasteiger partial charge >= 0.3 is 0 Å². The maximum Gasteiger partial charge on any atom is 0.147 e. The van der Waals surface area contributed by atoms with Crippen LogP contribution in [0.25, 0.3) is 10.9 Å². The highest BCUT2D eigenvalue weighted by Gasteiger charge is 2.20. The summed E-state index contributed by atoms with van der Waals surface area (Å²) in [7, 11) is 0. The number of phenols is 2. The number of rotatable bonds is 4. The lowest BCUT2D eigenvalue weighted by molar-refractivity contribution is 0.471. The Morgan fingerprint density at radius 2 is 1.67 bits per heavy atom. The zero-order valence-corrected chi connectivity index (χ0v) is 14.8. The third-order valence-corrected chi connectivity index (χ3v) is 4.50. The van der Waals surface area contributed by atoms with Crippen LogP contribution in [0.15, 0.2) is 72.9 Å². The van der Waals surface area contributed by atoms with Gasteiger partial charge in [-0.2, -0.15) is 0 Å². The second kappa shape index (κ2) is 6.96. The van der Waals surface area contributed by atoms with E-state index >= 15 is 0 Å². The van der Waals surface area contributed by atoms with E-state index in [4.69, 9.17) is 0 Å². The summed E-state index contributed by atoms with van der Waals surface area (Å²) >= 11 is 0. The van der Waals surface area contributed by atoms with Gasteiger partial charge in [0.2, 0.25) is 0 Å². The molecule has 5 nitrogen and oxygen atoms in total. The van der Waals surface area contributed by atoms with Gasteiger partial charge in [0.05, 0.1) is 6.04 Å². The average Bonchev–Trinajstić information content (AvgIpc) is 2.69. The molecule has 0 saturated heterocycles. The van der Waals surface area contributed by atoms with E-state index in [0.717, 1.165) is 16.6 Å². The van der Waals surface area contributed by atoms with Crippen LogP contribution in [-0.4, -0.2) is 20.2 Å². The van der Waals surface area contributed by atoms with Crippen LogP contribution >= 0.6 is 0 Å². The van der Waals surface area contributed by atoms with Gasteiger partial charge in [0.1, 0.15) is 22.8 Å². The highest BCUT2D eigenvalue weighted by molar-refractivity contribution is 5.86. The highest BCUT2D eigenvalue weighted by atomic mass is 16.3. The molecular weight excluding hydrogens is 338 g/mol. The molecule has 27 heavy (non-hydrogen) atoms. The van der Waals surface area contributed by atoms with E-state index in [1.54, 1.807) is 18.3 Å². The normalized spacial score (nSPS) is 12.0. The van der Waals surface area contributed by atoms with Crippen LogP contribution in [-0.2, 0) is 0 Å². The average molecular weight is 357 g/mol. The van der Waals surface area contributed by atoms with Crippen LogP contribution in [0, 0.1) is 6.92 Å². The van der Waals surface area contributed by atoms with Crippen molar-refractivity contribution in [2.24, 2.45) is 0 Å². The van der Waals surface area contributed by atoms with Gasteiger partial charge in [0, 0.05) is 22.8 Å². The third-order valence-electron chi connectivity index (χ3n) is 4.50. The molecule has 0 spiro atoms. The van der Waals surface area contributed by atoms with E-state index in [0.29, 0.717) is 16.9 Å². The maximum atomic E-state index is 11.0. The number of fused-ring (bicyclic) bond motifs is 1. The second-order valence-electron chi connectivity index (χ2n) is 6.41. The fourth-order valence-corrected chi connectivity index (χ4v) is 3.12. The number of aromatic nitrogens is 2. The first-order chi connectivity index (χ1) is 13.1. The van der Waals surface area contributed by atoms with Gasteiger partial charge in [-0.3, -0.25) is 0 Å². The van der Waals surface area contributed by atoms with Gasteiger partial charge in [-0.15, -0.1) is 0 Å². The molecule has 0 aliphatic heterocycles. The van der Waals surface area contributed by atoms with E-state index in [9.17, 15) is 10.2 Å². The minimum atomic E-state index is -0.354. The highest BCUT2D eigenvalue weighted by Crippen LogP contribution is 2.36. The van der Waals surface area contributed by atoms with Crippen molar-refractivity contribution in [2.75, 3.05) is 5.32 Å². The standard InChI is InChI=1S/C22H19N3O2/c1-14-5-6-16-9-12-18(22(27)21(16)24-14)20(15-7-10-17(26)11-8-15)25-19-4-2-3-13-23-19/h2-13,20,26-27H,1H3,(H,23,25)/t20-/m1/s1. The van der Waals surface area contributed by atoms with Crippen LogP contribution in [0.4, 0.5) is 5.82 Å². The number of anilines is 1. The molecule has 0 aliphatic carbocycles. The number of hydrogen-bond acceptors (Lipinski definition) is 5. The number of aryl methyl sites for hydroxylation is 1. The van der Waals surface area contributed by atoms with E-state index in [1.807, 2.05) is 61.5 Å². The van der Waals surface area contributed by atoms with E-state index in [2.05, 4.69) is 15.3 Å². The van der Waals surface area contributed by atoms with E-state index in [-0.39, 0.29) is 17.5 Å². The molecule has 0 saturated carbocycles. The molecule has 0 fully saturated rings. The predicted octanol–water partition coefficient (Wildman–Crippen LogP) is 4.55. The summed E-state index contributed by atoms with van der Waals surface area (Å²) in [5, 5.41) is 24.8. The largest absolute Gasteiger partial charge is 0.508 e. The first kappa shape index (κ1) is 16.8. The summed E-state index contributed by atoms with van der Waals surface area (Å²) < 4.78 is 0. The van der Waals surface area contributed by atoms with Crippen molar-refractivity contribution in [2.45, 2.75) is 13.0 Å². The summed E-state index contributed by atoms with van der Waals surface area (Å²) in [6, 6.07) is 19.9. The van der Waals surface area contributed by atoms with Gasteiger partial charge in [0.15, 0.2) is 0 Å². The maximum absolute atomic E-state index is 11.0. The molecule has 0 aliphatic rings. The Labute approximate surface area is 157 Å². The molecule has 1 atom stereocenters. The fourth-order valence-electron chi connectivity index (χ4n) is 3.12. The Bertz CT molecular complexity index is 1080. The number of nitrogens with one attached hydrogen (secondary N) is 1. The molecule has 2 aromatic carbocycles. The molecule has 2 heterocycles. The summed E-state index contributed by atoms with van der Waals surface area (Å²) in [6.07, 6.45) is 1.71. The Morgan fingerprint density at radius 3 is 2.41 bits per heavy atom. The van der Waals surface area contributed by atoms with Crippen molar-refractivity contribution in [1.29, 1.82) is 0 Å². The molecule has 5 heteroatoms.